The quantitative estimate of drug-likeness (QED) is 0.361. The van der Waals surface area contributed by atoms with Crippen LogP contribution in [-0.4, -0.2) is 9.38 Å². The third kappa shape index (κ3) is 2.72. The van der Waals surface area contributed by atoms with Crippen LogP contribution in [0.3, 0.4) is 0 Å². The monoisotopic (exact) mass is 349 g/mol. The predicted molar refractivity (Wildman–Crippen MR) is 112 cm³/mol. The highest BCUT2D eigenvalue weighted by Gasteiger charge is 2.12. The van der Waals surface area contributed by atoms with Crippen molar-refractivity contribution in [3.63, 3.8) is 0 Å². The van der Waals surface area contributed by atoms with Crippen LogP contribution >= 0.6 is 0 Å². The van der Waals surface area contributed by atoms with Gasteiger partial charge < -0.3 is 0 Å². The van der Waals surface area contributed by atoms with Crippen molar-refractivity contribution < 1.29 is 0 Å². The average molecular weight is 349 g/mol. The first-order valence-corrected chi connectivity index (χ1v) is 9.14. The molecule has 0 unspecified atom stereocenters. The number of hydrogen-bond acceptors (Lipinski definition) is 2. The molecule has 0 atom stereocenters. The van der Waals surface area contributed by atoms with Crippen LogP contribution in [0.15, 0.2) is 79.0 Å². The molecule has 0 saturated heterocycles. The summed E-state index contributed by atoms with van der Waals surface area (Å²) in [6.45, 7) is 4.00. The molecule has 0 bridgehead atoms. The summed E-state index contributed by atoms with van der Waals surface area (Å²) < 4.78 is 2.16. The van der Waals surface area contributed by atoms with Crippen molar-refractivity contribution in [3.05, 3.63) is 84.6 Å². The molecule has 0 aliphatic carbocycles. The summed E-state index contributed by atoms with van der Waals surface area (Å²) in [5, 5.41) is 11.3. The van der Waals surface area contributed by atoms with Gasteiger partial charge in [0.25, 0.3) is 0 Å². The van der Waals surface area contributed by atoms with Crippen LogP contribution in [-0.2, 0) is 0 Å². The lowest BCUT2D eigenvalue weighted by Crippen LogP contribution is -1.91. The number of benzene rings is 3. The summed E-state index contributed by atoms with van der Waals surface area (Å²) >= 11 is 0. The van der Waals surface area contributed by atoms with E-state index in [9.17, 15) is 0 Å². The van der Waals surface area contributed by atoms with E-state index in [1.807, 2.05) is 62.4 Å². The molecule has 2 aromatic heterocycles. The van der Waals surface area contributed by atoms with Gasteiger partial charge in [0, 0.05) is 17.1 Å². The van der Waals surface area contributed by atoms with Crippen LogP contribution in [0.25, 0.3) is 38.6 Å². The molecule has 0 saturated carbocycles. The maximum absolute atomic E-state index is 9.04. The SMILES string of the molecule is CC.N#Cc1ccc(-c2cn3c4ccccc4nc3c3ccccc23)cc1. The van der Waals surface area contributed by atoms with Crippen molar-refractivity contribution in [3.8, 4) is 17.2 Å². The van der Waals surface area contributed by atoms with E-state index in [4.69, 9.17) is 10.2 Å². The molecule has 3 aromatic carbocycles. The van der Waals surface area contributed by atoms with Gasteiger partial charge in [-0.15, -0.1) is 0 Å². The standard InChI is InChI=1S/C22H13N3.C2H6/c23-13-15-9-11-16(12-10-15)19-14-25-21-8-4-3-7-20(21)24-22(25)18-6-2-1-5-17(18)19;1-2/h1-12,14H;1-2H3. The fraction of sp³-hybridized carbons (Fsp3) is 0.0833. The molecule has 0 radical (unpaired) electrons. The van der Waals surface area contributed by atoms with E-state index >= 15 is 0 Å². The molecule has 3 nitrogen and oxygen atoms in total. The Morgan fingerprint density at radius 1 is 0.815 bits per heavy atom. The third-order valence-electron chi connectivity index (χ3n) is 4.64. The Labute approximate surface area is 158 Å². The van der Waals surface area contributed by atoms with Gasteiger partial charge in [-0.3, -0.25) is 4.40 Å². The number of para-hydroxylation sites is 2. The fourth-order valence-corrected chi connectivity index (χ4v) is 3.43. The van der Waals surface area contributed by atoms with Crippen LogP contribution in [0.5, 0.6) is 0 Å². The molecule has 0 amide bonds. The van der Waals surface area contributed by atoms with E-state index in [0.29, 0.717) is 5.56 Å². The number of nitrogens with zero attached hydrogens (tertiary/aromatic N) is 3. The Morgan fingerprint density at radius 2 is 1.48 bits per heavy atom. The van der Waals surface area contributed by atoms with Gasteiger partial charge in [0.1, 0.15) is 5.65 Å². The molecule has 0 fully saturated rings. The zero-order chi connectivity index (χ0) is 18.8. The predicted octanol–water partition coefficient (Wildman–Crippen LogP) is 6.21. The Morgan fingerprint density at radius 3 is 2.22 bits per heavy atom. The van der Waals surface area contributed by atoms with Crippen molar-refractivity contribution >= 4 is 27.5 Å². The molecule has 5 aromatic rings. The Balaban J connectivity index is 0.000000872. The number of fused-ring (bicyclic) bond motifs is 5. The summed E-state index contributed by atoms with van der Waals surface area (Å²) in [6.07, 6.45) is 2.15. The van der Waals surface area contributed by atoms with Crippen LogP contribution < -0.4 is 0 Å². The first-order valence-electron chi connectivity index (χ1n) is 9.14. The smallest absolute Gasteiger partial charge is 0.145 e. The van der Waals surface area contributed by atoms with Crippen molar-refractivity contribution in [2.45, 2.75) is 13.8 Å². The second kappa shape index (κ2) is 6.93. The van der Waals surface area contributed by atoms with Gasteiger partial charge >= 0.3 is 0 Å². The summed E-state index contributed by atoms with van der Waals surface area (Å²) in [5.74, 6) is 0. The van der Waals surface area contributed by atoms with Gasteiger partial charge in [0.2, 0.25) is 0 Å². The van der Waals surface area contributed by atoms with Crippen LogP contribution in [0.2, 0.25) is 0 Å². The Hall–Kier alpha value is -3.64. The summed E-state index contributed by atoms with van der Waals surface area (Å²) in [4.78, 5) is 4.83. The first kappa shape index (κ1) is 16.8. The molecule has 5 rings (SSSR count). The number of pyridine rings is 1. The minimum Gasteiger partial charge on any atom is -0.298 e. The molecule has 27 heavy (non-hydrogen) atoms. The highest BCUT2D eigenvalue weighted by molar-refractivity contribution is 6.05. The average Bonchev–Trinajstić information content (AvgIpc) is 3.14. The van der Waals surface area contributed by atoms with Crippen molar-refractivity contribution in [2.24, 2.45) is 0 Å². The molecule has 0 N–H and O–H groups in total. The van der Waals surface area contributed by atoms with Crippen molar-refractivity contribution in [1.82, 2.24) is 9.38 Å². The zero-order valence-corrected chi connectivity index (χ0v) is 15.3. The number of hydrogen-bond donors (Lipinski definition) is 0. The zero-order valence-electron chi connectivity index (χ0n) is 15.3. The van der Waals surface area contributed by atoms with Crippen LogP contribution in [0.1, 0.15) is 19.4 Å². The Kier molecular flexibility index (Phi) is 4.32. The minimum atomic E-state index is 0.669. The number of imidazole rings is 1. The van der Waals surface area contributed by atoms with E-state index in [2.05, 4.69) is 40.9 Å². The van der Waals surface area contributed by atoms with Crippen LogP contribution in [0.4, 0.5) is 0 Å². The lowest BCUT2D eigenvalue weighted by molar-refractivity contribution is 1.25. The molecule has 2 heterocycles. The summed E-state index contributed by atoms with van der Waals surface area (Å²) in [5.41, 5.74) is 5.95. The third-order valence-corrected chi connectivity index (χ3v) is 4.64. The van der Waals surface area contributed by atoms with Gasteiger partial charge in [-0.1, -0.05) is 62.4 Å². The number of aromatic nitrogens is 2. The fourth-order valence-electron chi connectivity index (χ4n) is 3.43. The lowest BCUT2D eigenvalue weighted by Gasteiger charge is -2.09. The molecule has 0 aliphatic heterocycles. The lowest BCUT2D eigenvalue weighted by atomic mass is 10.00. The molecule has 130 valence electrons. The van der Waals surface area contributed by atoms with E-state index < -0.39 is 0 Å². The summed E-state index contributed by atoms with van der Waals surface area (Å²) in [7, 11) is 0. The van der Waals surface area contributed by atoms with Gasteiger partial charge in [-0.05, 0) is 35.2 Å². The minimum absolute atomic E-state index is 0.669. The van der Waals surface area contributed by atoms with Gasteiger partial charge in [0.15, 0.2) is 0 Å². The summed E-state index contributed by atoms with van der Waals surface area (Å²) in [6, 6.07) is 26.4. The molecular weight excluding hydrogens is 330 g/mol. The normalized spacial score (nSPS) is 10.6. The van der Waals surface area contributed by atoms with E-state index in [1.54, 1.807) is 0 Å². The first-order chi connectivity index (χ1) is 13.3. The van der Waals surface area contributed by atoms with Gasteiger partial charge in [-0.25, -0.2) is 4.98 Å². The van der Waals surface area contributed by atoms with E-state index in [-0.39, 0.29) is 0 Å². The second-order valence-corrected chi connectivity index (χ2v) is 6.07. The molecule has 3 heteroatoms. The second-order valence-electron chi connectivity index (χ2n) is 6.07. The topological polar surface area (TPSA) is 41.1 Å². The maximum atomic E-state index is 9.04. The van der Waals surface area contributed by atoms with Crippen molar-refractivity contribution in [1.29, 1.82) is 5.26 Å². The number of nitriles is 1. The molecule has 0 aliphatic rings. The molecule has 0 spiro atoms. The Bertz CT molecular complexity index is 1290. The molecular formula is C24H19N3. The van der Waals surface area contributed by atoms with Gasteiger partial charge in [-0.2, -0.15) is 5.26 Å². The highest BCUT2D eigenvalue weighted by Crippen LogP contribution is 2.33. The van der Waals surface area contributed by atoms with Crippen LogP contribution in [0, 0.1) is 11.3 Å². The maximum Gasteiger partial charge on any atom is 0.145 e. The van der Waals surface area contributed by atoms with E-state index in [1.165, 1.54) is 0 Å². The number of rotatable bonds is 1. The largest absolute Gasteiger partial charge is 0.298 e. The van der Waals surface area contributed by atoms with Crippen molar-refractivity contribution in [2.75, 3.05) is 0 Å². The van der Waals surface area contributed by atoms with Gasteiger partial charge in [0.05, 0.1) is 22.7 Å². The highest BCUT2D eigenvalue weighted by atomic mass is 15.0. The van der Waals surface area contributed by atoms with E-state index in [0.717, 1.165) is 38.6 Å².